The zero-order valence-corrected chi connectivity index (χ0v) is 19.3. The first-order valence-electron chi connectivity index (χ1n) is 13.3. The molecule has 1 saturated heterocycles. The molecule has 5 heteroatoms. The zero-order chi connectivity index (χ0) is 21.4. The lowest BCUT2D eigenvalue weighted by Gasteiger charge is -2.43. The second-order valence-electron chi connectivity index (χ2n) is 11.6. The van der Waals surface area contributed by atoms with Gasteiger partial charge in [-0.25, -0.2) is 0 Å². The lowest BCUT2D eigenvalue weighted by Crippen LogP contribution is -2.59. The van der Waals surface area contributed by atoms with Crippen LogP contribution in [0.4, 0.5) is 0 Å². The molecule has 31 heavy (non-hydrogen) atoms. The highest BCUT2D eigenvalue weighted by Gasteiger charge is 2.45. The Hall–Kier alpha value is -1.10. The summed E-state index contributed by atoms with van der Waals surface area (Å²) in [4.78, 5) is 29.4. The largest absolute Gasteiger partial charge is 0.380 e. The van der Waals surface area contributed by atoms with Gasteiger partial charge >= 0.3 is 0 Å². The Morgan fingerprint density at radius 1 is 0.742 bits per heavy atom. The molecule has 0 bridgehead atoms. The number of carbonyl (C=O) groups excluding carboxylic acids is 2. The van der Waals surface area contributed by atoms with Gasteiger partial charge in [0, 0.05) is 32.1 Å². The van der Waals surface area contributed by atoms with E-state index in [0.29, 0.717) is 44.9 Å². The maximum absolute atomic E-state index is 13.1. The molecule has 2 atom stereocenters. The van der Waals surface area contributed by atoms with Crippen LogP contribution in [0, 0.1) is 29.6 Å². The van der Waals surface area contributed by atoms with Crippen LogP contribution in [-0.2, 0) is 9.59 Å². The molecule has 1 heterocycles. The van der Waals surface area contributed by atoms with Crippen LogP contribution in [0.1, 0.15) is 89.9 Å². The Morgan fingerprint density at radius 2 is 1.42 bits per heavy atom. The van der Waals surface area contributed by atoms with Crippen molar-refractivity contribution in [2.45, 2.75) is 95.5 Å². The van der Waals surface area contributed by atoms with Gasteiger partial charge in [0.25, 0.3) is 5.91 Å². The molecule has 4 saturated carbocycles. The predicted molar refractivity (Wildman–Crippen MR) is 120 cm³/mol. The molecule has 1 aliphatic heterocycles. The van der Waals surface area contributed by atoms with Crippen LogP contribution in [0.2, 0.25) is 0 Å². The van der Waals surface area contributed by atoms with Gasteiger partial charge in [0.2, 0.25) is 5.91 Å². The molecule has 0 aromatic heterocycles. The van der Waals surface area contributed by atoms with Crippen molar-refractivity contribution in [1.29, 1.82) is 0 Å². The van der Waals surface area contributed by atoms with Crippen molar-refractivity contribution in [2.24, 2.45) is 29.6 Å². The normalized spacial score (nSPS) is 36.0. The highest BCUT2D eigenvalue weighted by Crippen LogP contribution is 2.46. The summed E-state index contributed by atoms with van der Waals surface area (Å²) in [5.74, 6) is 4.22. The highest BCUT2D eigenvalue weighted by atomic mass is 16.3. The molecule has 1 N–H and O–H groups in total. The number of hydrogen-bond donors (Lipinski definition) is 1. The summed E-state index contributed by atoms with van der Waals surface area (Å²) >= 11 is 0. The molecule has 0 aromatic carbocycles. The smallest absolute Gasteiger partial charge is 0.254 e. The van der Waals surface area contributed by atoms with E-state index in [-0.39, 0.29) is 11.8 Å². The molecular weight excluding hydrogens is 388 g/mol. The van der Waals surface area contributed by atoms with Crippen LogP contribution in [0.25, 0.3) is 0 Å². The Labute approximate surface area is 187 Å². The van der Waals surface area contributed by atoms with Crippen molar-refractivity contribution >= 4 is 11.8 Å². The average molecular weight is 431 g/mol. The quantitative estimate of drug-likeness (QED) is 0.717. The average Bonchev–Trinajstić information content (AvgIpc) is 3.61. The molecule has 0 aromatic rings. The number of piperazine rings is 1. The van der Waals surface area contributed by atoms with Crippen LogP contribution in [0.5, 0.6) is 0 Å². The second kappa shape index (κ2) is 9.03. The second-order valence-corrected chi connectivity index (χ2v) is 11.6. The fourth-order valence-corrected chi connectivity index (χ4v) is 7.05. The molecule has 2 unspecified atom stereocenters. The maximum atomic E-state index is 13.1. The van der Waals surface area contributed by atoms with E-state index >= 15 is 0 Å². The number of carbonyl (C=O) groups is 2. The number of hydrogen-bond acceptors (Lipinski definition) is 3. The Balaban J connectivity index is 1.05. The highest BCUT2D eigenvalue weighted by molar-refractivity contribution is 5.86. The first-order valence-corrected chi connectivity index (χ1v) is 13.3. The van der Waals surface area contributed by atoms with E-state index in [9.17, 15) is 14.7 Å². The number of aliphatic hydroxyl groups is 1. The Bertz CT molecular complexity index is 656. The molecule has 0 radical (unpaired) electrons. The summed E-state index contributed by atoms with van der Waals surface area (Å²) in [6.07, 6.45) is 17.0. The van der Waals surface area contributed by atoms with E-state index in [0.717, 1.165) is 42.9 Å². The maximum Gasteiger partial charge on any atom is 0.254 e. The summed E-state index contributed by atoms with van der Waals surface area (Å²) in [6, 6.07) is 0. The van der Waals surface area contributed by atoms with E-state index in [2.05, 4.69) is 0 Å². The van der Waals surface area contributed by atoms with Crippen LogP contribution in [-0.4, -0.2) is 58.5 Å². The summed E-state index contributed by atoms with van der Waals surface area (Å²) in [6.45, 7) is 2.41. The van der Waals surface area contributed by atoms with Gasteiger partial charge in [0.15, 0.2) is 0 Å². The van der Waals surface area contributed by atoms with Gasteiger partial charge in [-0.15, -0.1) is 0 Å². The van der Waals surface area contributed by atoms with E-state index in [1.165, 1.54) is 57.8 Å². The van der Waals surface area contributed by atoms with E-state index in [4.69, 9.17) is 0 Å². The minimum atomic E-state index is -1.11. The van der Waals surface area contributed by atoms with Gasteiger partial charge in [-0.3, -0.25) is 9.59 Å². The minimum Gasteiger partial charge on any atom is -0.380 e. The third-order valence-electron chi connectivity index (χ3n) is 9.43. The van der Waals surface area contributed by atoms with Crippen LogP contribution in [0.15, 0.2) is 0 Å². The first kappa shape index (κ1) is 21.7. The van der Waals surface area contributed by atoms with Gasteiger partial charge in [-0.1, -0.05) is 32.1 Å². The van der Waals surface area contributed by atoms with E-state index < -0.39 is 5.60 Å². The van der Waals surface area contributed by atoms with Crippen molar-refractivity contribution in [3.8, 4) is 0 Å². The SMILES string of the molecule is O=C(C1CCC(C2CCCC(CC3CC3)C2)CC1)N1CCN(C(=O)C2(O)CCC2)CC1. The number of rotatable bonds is 5. The van der Waals surface area contributed by atoms with E-state index in [1.54, 1.807) is 4.90 Å². The van der Waals surface area contributed by atoms with Gasteiger partial charge in [0.05, 0.1) is 0 Å². The fourth-order valence-electron chi connectivity index (χ4n) is 7.05. The van der Waals surface area contributed by atoms with Crippen molar-refractivity contribution in [3.05, 3.63) is 0 Å². The molecule has 4 aliphatic carbocycles. The van der Waals surface area contributed by atoms with Crippen molar-refractivity contribution in [1.82, 2.24) is 9.80 Å². The molecule has 2 amide bonds. The third kappa shape index (κ3) is 4.82. The van der Waals surface area contributed by atoms with Crippen molar-refractivity contribution in [2.75, 3.05) is 26.2 Å². The first-order chi connectivity index (χ1) is 15.0. The monoisotopic (exact) mass is 430 g/mol. The summed E-state index contributed by atoms with van der Waals surface area (Å²) < 4.78 is 0. The van der Waals surface area contributed by atoms with E-state index in [1.807, 2.05) is 4.90 Å². The molecular formula is C26H42N2O3. The van der Waals surface area contributed by atoms with Gasteiger partial charge < -0.3 is 14.9 Å². The summed E-state index contributed by atoms with van der Waals surface area (Å²) in [5, 5.41) is 10.3. The minimum absolute atomic E-state index is 0.112. The van der Waals surface area contributed by atoms with Crippen LogP contribution < -0.4 is 0 Å². The summed E-state index contributed by atoms with van der Waals surface area (Å²) in [5.41, 5.74) is -1.11. The number of nitrogens with zero attached hydrogens (tertiary/aromatic N) is 2. The molecule has 5 nitrogen and oxygen atoms in total. The molecule has 5 aliphatic rings. The van der Waals surface area contributed by atoms with Gasteiger partial charge in [-0.2, -0.15) is 0 Å². The topological polar surface area (TPSA) is 60.9 Å². The van der Waals surface area contributed by atoms with Gasteiger partial charge in [0.1, 0.15) is 5.60 Å². The third-order valence-corrected chi connectivity index (χ3v) is 9.43. The van der Waals surface area contributed by atoms with Gasteiger partial charge in [-0.05, 0) is 81.5 Å². The standard InChI is InChI=1S/C26H42N2O3/c29-24(27-13-15-28(16-14-27)25(30)26(31)11-2-12-26)22-9-7-21(8-10-22)23-4-1-3-20(18-23)17-19-5-6-19/h19-23,31H,1-18H2. The lowest BCUT2D eigenvalue weighted by atomic mass is 9.68. The molecule has 5 rings (SSSR count). The Morgan fingerprint density at radius 3 is 2.03 bits per heavy atom. The lowest BCUT2D eigenvalue weighted by molar-refractivity contribution is -0.163. The predicted octanol–water partition coefficient (Wildman–Crippen LogP) is 3.99. The Kier molecular flexibility index (Phi) is 6.33. The molecule has 174 valence electrons. The van der Waals surface area contributed by atoms with Crippen molar-refractivity contribution < 1.29 is 14.7 Å². The molecule has 0 spiro atoms. The molecule has 5 fully saturated rings. The number of amides is 2. The summed E-state index contributed by atoms with van der Waals surface area (Å²) in [7, 11) is 0. The van der Waals surface area contributed by atoms with Crippen LogP contribution in [0.3, 0.4) is 0 Å². The zero-order valence-electron chi connectivity index (χ0n) is 19.3. The van der Waals surface area contributed by atoms with Crippen molar-refractivity contribution in [3.63, 3.8) is 0 Å². The fraction of sp³-hybridized carbons (Fsp3) is 0.923. The van der Waals surface area contributed by atoms with Crippen LogP contribution >= 0.6 is 0 Å².